The predicted octanol–water partition coefficient (Wildman–Crippen LogP) is 3.81. The van der Waals surface area contributed by atoms with Crippen LogP contribution in [-0.4, -0.2) is 40.3 Å². The molecule has 2 aliphatic rings. The zero-order valence-corrected chi connectivity index (χ0v) is 14.7. The van der Waals surface area contributed by atoms with E-state index in [1.54, 1.807) is 6.20 Å². The third-order valence-electron chi connectivity index (χ3n) is 5.71. The van der Waals surface area contributed by atoms with Gasteiger partial charge >= 0.3 is 6.18 Å². The van der Waals surface area contributed by atoms with Gasteiger partial charge in [-0.3, -0.25) is 10.00 Å². The van der Waals surface area contributed by atoms with Crippen molar-refractivity contribution in [2.24, 2.45) is 0 Å². The van der Waals surface area contributed by atoms with Crippen molar-refractivity contribution in [1.82, 2.24) is 20.4 Å². The minimum atomic E-state index is -4.32. The molecule has 2 saturated heterocycles. The molecule has 2 aliphatic heterocycles. The second kappa shape index (κ2) is 6.70. The van der Waals surface area contributed by atoms with E-state index >= 15 is 0 Å². The number of aromatic nitrogens is 2. The Kier molecular flexibility index (Phi) is 4.52. The number of fused-ring (bicyclic) bond motifs is 2. The molecule has 0 radical (unpaired) electrons. The molecule has 26 heavy (non-hydrogen) atoms. The third kappa shape index (κ3) is 3.50. The number of benzene rings is 1. The van der Waals surface area contributed by atoms with E-state index in [1.165, 1.54) is 25.0 Å². The molecule has 0 saturated carbocycles. The van der Waals surface area contributed by atoms with Gasteiger partial charge in [-0.05, 0) is 50.4 Å². The maximum atomic E-state index is 12.8. The number of aromatic amines is 1. The molecule has 2 unspecified atom stereocenters. The number of nitrogens with zero attached hydrogens (tertiary/aromatic N) is 2. The van der Waals surface area contributed by atoms with Gasteiger partial charge in [0, 0.05) is 30.2 Å². The van der Waals surface area contributed by atoms with Crippen LogP contribution in [0.3, 0.4) is 0 Å². The summed E-state index contributed by atoms with van der Waals surface area (Å²) in [4.78, 5) is 2.35. The highest BCUT2D eigenvalue weighted by Crippen LogP contribution is 2.33. The Labute approximate surface area is 150 Å². The average molecular weight is 364 g/mol. The van der Waals surface area contributed by atoms with Gasteiger partial charge in [-0.1, -0.05) is 12.1 Å². The Morgan fingerprint density at radius 2 is 1.77 bits per heavy atom. The number of halogens is 3. The lowest BCUT2D eigenvalue weighted by atomic mass is 9.98. The largest absolute Gasteiger partial charge is 0.416 e. The predicted molar refractivity (Wildman–Crippen MR) is 93.5 cm³/mol. The highest BCUT2D eigenvalue weighted by atomic mass is 19.4. The Hall–Kier alpha value is -1.86. The minimum Gasteiger partial charge on any atom is -0.311 e. The fraction of sp³-hybridized carbons (Fsp3) is 0.526. The van der Waals surface area contributed by atoms with Crippen molar-refractivity contribution >= 4 is 0 Å². The molecule has 7 heteroatoms. The molecule has 2 fully saturated rings. The molecule has 2 atom stereocenters. The summed E-state index contributed by atoms with van der Waals surface area (Å²) >= 11 is 0. The molecule has 2 aromatic rings. The molecule has 1 aromatic carbocycles. The molecule has 0 amide bonds. The highest BCUT2D eigenvalue weighted by Gasteiger charge is 2.35. The van der Waals surface area contributed by atoms with Crippen LogP contribution in [0.25, 0.3) is 11.3 Å². The second-order valence-electron chi connectivity index (χ2n) is 7.52. The van der Waals surface area contributed by atoms with E-state index < -0.39 is 11.7 Å². The van der Waals surface area contributed by atoms with Crippen LogP contribution in [0.5, 0.6) is 0 Å². The van der Waals surface area contributed by atoms with Gasteiger partial charge in [0.25, 0.3) is 0 Å². The molecule has 0 aliphatic carbocycles. The fourth-order valence-corrected chi connectivity index (χ4v) is 4.29. The Morgan fingerprint density at radius 1 is 1.12 bits per heavy atom. The normalized spacial score (nSPS) is 25.8. The highest BCUT2D eigenvalue weighted by molar-refractivity contribution is 5.63. The summed E-state index contributed by atoms with van der Waals surface area (Å²) in [6, 6.07) is 7.03. The Balaban J connectivity index is 1.48. The number of hydrogen-bond acceptors (Lipinski definition) is 3. The lowest BCUT2D eigenvalue weighted by molar-refractivity contribution is -0.137. The maximum Gasteiger partial charge on any atom is 0.416 e. The summed E-state index contributed by atoms with van der Waals surface area (Å²) < 4.78 is 38.3. The quantitative estimate of drug-likeness (QED) is 0.867. The smallest absolute Gasteiger partial charge is 0.311 e. The fourth-order valence-electron chi connectivity index (χ4n) is 4.29. The van der Waals surface area contributed by atoms with Gasteiger partial charge in [-0.2, -0.15) is 18.3 Å². The van der Waals surface area contributed by atoms with Crippen LogP contribution in [0.2, 0.25) is 0 Å². The SMILES string of the molecule is CN(Cc1cn[nH]c1-c1ccc(C(F)(F)F)cc1)C1CC2CCC(C1)N2. The minimum absolute atomic E-state index is 0.532. The van der Waals surface area contributed by atoms with E-state index in [4.69, 9.17) is 0 Å². The van der Waals surface area contributed by atoms with Gasteiger partial charge in [-0.25, -0.2) is 0 Å². The Morgan fingerprint density at radius 3 is 2.38 bits per heavy atom. The monoisotopic (exact) mass is 364 g/mol. The number of piperidine rings is 1. The first-order chi connectivity index (χ1) is 12.4. The van der Waals surface area contributed by atoms with Crippen LogP contribution >= 0.6 is 0 Å². The van der Waals surface area contributed by atoms with Crippen LogP contribution in [0.15, 0.2) is 30.5 Å². The van der Waals surface area contributed by atoms with E-state index in [9.17, 15) is 13.2 Å². The summed E-state index contributed by atoms with van der Waals surface area (Å²) in [6.45, 7) is 0.733. The molecule has 0 spiro atoms. The first kappa shape index (κ1) is 17.5. The molecular formula is C19H23F3N4. The van der Waals surface area contributed by atoms with Crippen LogP contribution in [0.1, 0.15) is 36.8 Å². The van der Waals surface area contributed by atoms with Crippen LogP contribution < -0.4 is 5.32 Å². The van der Waals surface area contributed by atoms with Crippen molar-refractivity contribution in [3.8, 4) is 11.3 Å². The molecule has 140 valence electrons. The van der Waals surface area contributed by atoms with Crippen LogP contribution in [0.4, 0.5) is 13.2 Å². The standard InChI is InChI=1S/C19H23F3N4/c1-26(17-8-15-6-7-16(9-17)24-15)11-13-10-23-25-18(13)12-2-4-14(5-3-12)19(20,21)22/h2-5,10,15-17,24H,6-9,11H2,1H3,(H,23,25). The van der Waals surface area contributed by atoms with Gasteiger partial charge in [0.05, 0.1) is 17.5 Å². The third-order valence-corrected chi connectivity index (χ3v) is 5.71. The van der Waals surface area contributed by atoms with Gasteiger partial charge < -0.3 is 5.32 Å². The van der Waals surface area contributed by atoms with Gasteiger partial charge in [-0.15, -0.1) is 0 Å². The van der Waals surface area contributed by atoms with Crippen molar-refractivity contribution < 1.29 is 13.2 Å². The topological polar surface area (TPSA) is 44.0 Å². The van der Waals surface area contributed by atoms with Crippen molar-refractivity contribution in [3.05, 3.63) is 41.6 Å². The summed E-state index contributed by atoms with van der Waals surface area (Å²) in [6.07, 6.45) is 2.29. The van der Waals surface area contributed by atoms with Crippen LogP contribution in [-0.2, 0) is 12.7 Å². The summed E-state index contributed by atoms with van der Waals surface area (Å²) in [5, 5.41) is 10.7. The van der Waals surface area contributed by atoms with Crippen LogP contribution in [0, 0.1) is 0 Å². The number of hydrogen-bond donors (Lipinski definition) is 2. The number of H-pyrrole nitrogens is 1. The lowest BCUT2D eigenvalue weighted by Gasteiger charge is -2.35. The lowest BCUT2D eigenvalue weighted by Crippen LogP contribution is -2.46. The second-order valence-corrected chi connectivity index (χ2v) is 7.52. The number of alkyl halides is 3. The first-order valence-corrected chi connectivity index (χ1v) is 9.06. The van der Waals surface area contributed by atoms with E-state index in [2.05, 4.69) is 27.5 Å². The molecule has 3 heterocycles. The van der Waals surface area contributed by atoms with Crippen molar-refractivity contribution in [2.75, 3.05) is 7.05 Å². The van der Waals surface area contributed by atoms with Crippen molar-refractivity contribution in [1.29, 1.82) is 0 Å². The van der Waals surface area contributed by atoms with Gasteiger partial charge in [0.1, 0.15) is 0 Å². The summed E-state index contributed by atoms with van der Waals surface area (Å²) in [5.41, 5.74) is 1.90. The van der Waals surface area contributed by atoms with Gasteiger partial charge in [0.15, 0.2) is 0 Å². The zero-order chi connectivity index (χ0) is 18.3. The van der Waals surface area contributed by atoms with E-state index in [1.807, 2.05) is 0 Å². The Bertz CT molecular complexity index is 741. The van der Waals surface area contributed by atoms with Crippen molar-refractivity contribution in [2.45, 2.75) is 56.5 Å². The number of rotatable bonds is 4. The molecular weight excluding hydrogens is 341 g/mol. The molecule has 4 rings (SSSR count). The number of nitrogens with one attached hydrogen (secondary N) is 2. The molecule has 1 aromatic heterocycles. The molecule has 4 nitrogen and oxygen atoms in total. The molecule has 2 bridgehead atoms. The zero-order valence-electron chi connectivity index (χ0n) is 14.7. The summed E-state index contributed by atoms with van der Waals surface area (Å²) in [5.74, 6) is 0. The van der Waals surface area contributed by atoms with E-state index in [0.29, 0.717) is 18.1 Å². The first-order valence-electron chi connectivity index (χ1n) is 9.06. The van der Waals surface area contributed by atoms with E-state index in [-0.39, 0.29) is 0 Å². The van der Waals surface area contributed by atoms with Crippen molar-refractivity contribution in [3.63, 3.8) is 0 Å². The average Bonchev–Trinajstić information content (AvgIpc) is 3.20. The van der Waals surface area contributed by atoms with E-state index in [0.717, 1.165) is 48.3 Å². The molecule has 2 N–H and O–H groups in total. The maximum absolute atomic E-state index is 12.8. The summed E-state index contributed by atoms with van der Waals surface area (Å²) in [7, 11) is 2.12. The van der Waals surface area contributed by atoms with Gasteiger partial charge in [0.2, 0.25) is 0 Å².